The molecule has 7 nitrogen and oxygen atoms in total. The first-order chi connectivity index (χ1) is 13.9. The number of aromatic nitrogens is 3. The van der Waals surface area contributed by atoms with Crippen molar-refractivity contribution in [1.82, 2.24) is 15.0 Å². The molecular weight excluding hydrogens is 393 g/mol. The van der Waals surface area contributed by atoms with Crippen LogP contribution in [-0.4, -0.2) is 37.6 Å². The van der Waals surface area contributed by atoms with Crippen molar-refractivity contribution in [3.8, 4) is 0 Å². The lowest BCUT2D eigenvalue weighted by molar-refractivity contribution is 0.103. The molecule has 0 saturated carbocycles. The van der Waals surface area contributed by atoms with Crippen molar-refractivity contribution in [1.29, 1.82) is 0 Å². The quantitative estimate of drug-likeness (QED) is 0.360. The maximum atomic E-state index is 15.0. The Morgan fingerprint density at radius 3 is 2.83 bits per heavy atom. The molecule has 0 aliphatic carbocycles. The van der Waals surface area contributed by atoms with Gasteiger partial charge < -0.3 is 14.9 Å². The van der Waals surface area contributed by atoms with E-state index in [-0.39, 0.29) is 16.8 Å². The van der Waals surface area contributed by atoms with Crippen LogP contribution in [0, 0.1) is 11.7 Å². The predicted molar refractivity (Wildman–Crippen MR) is 114 cm³/mol. The molecule has 0 bridgehead atoms. The highest BCUT2D eigenvalue weighted by Crippen LogP contribution is 2.28. The van der Waals surface area contributed by atoms with Crippen LogP contribution in [0.15, 0.2) is 30.7 Å². The topological polar surface area (TPSA) is 106 Å². The smallest absolute Gasteiger partial charge is 0.198 e. The lowest BCUT2D eigenvalue weighted by atomic mass is 10.0. The number of fused-ring (bicyclic) bond motifs is 1. The minimum absolute atomic E-state index is 0.0388. The van der Waals surface area contributed by atoms with E-state index in [9.17, 15) is 13.7 Å². The normalized spacial score (nSPS) is 12.3. The van der Waals surface area contributed by atoms with Gasteiger partial charge in [-0.1, -0.05) is 26.8 Å². The van der Waals surface area contributed by atoms with Gasteiger partial charge in [-0.15, -0.1) is 0 Å². The Bertz CT molecular complexity index is 1010. The molecule has 1 atom stereocenters. The van der Waals surface area contributed by atoms with Crippen LogP contribution in [0.4, 0.5) is 15.9 Å². The van der Waals surface area contributed by atoms with E-state index in [1.54, 1.807) is 6.07 Å². The van der Waals surface area contributed by atoms with Gasteiger partial charge in [-0.05, 0) is 24.5 Å². The molecule has 3 aromatic rings. The zero-order valence-corrected chi connectivity index (χ0v) is 17.4. The van der Waals surface area contributed by atoms with E-state index in [2.05, 4.69) is 38.8 Å². The van der Waals surface area contributed by atoms with Crippen molar-refractivity contribution < 1.29 is 13.7 Å². The number of carbonyl (C=O) groups is 1. The number of anilines is 2. The van der Waals surface area contributed by atoms with Crippen LogP contribution in [0.3, 0.4) is 0 Å². The van der Waals surface area contributed by atoms with E-state index in [1.165, 1.54) is 24.7 Å². The number of carbonyl (C=O) groups excluding carboxylic acids is 1. The highest BCUT2D eigenvalue weighted by Gasteiger charge is 2.23. The maximum Gasteiger partial charge on any atom is 0.198 e. The predicted octanol–water partition coefficient (Wildman–Crippen LogP) is 3.88. The van der Waals surface area contributed by atoms with E-state index in [0.717, 1.165) is 0 Å². The SMILES string of the molecule is CCC[S+]([O-])Nc1cccc(C(=O)c2c[nH]c3ncnc(NCC(C)C)c23)c1F. The minimum Gasteiger partial charge on any atom is -0.593 e. The Morgan fingerprint density at radius 2 is 2.10 bits per heavy atom. The highest BCUT2D eigenvalue weighted by atomic mass is 32.2. The lowest BCUT2D eigenvalue weighted by Crippen LogP contribution is -2.18. The molecule has 0 aliphatic heterocycles. The molecule has 0 amide bonds. The summed E-state index contributed by atoms with van der Waals surface area (Å²) in [6.45, 7) is 6.68. The Balaban J connectivity index is 1.98. The van der Waals surface area contributed by atoms with Crippen LogP contribution in [0.5, 0.6) is 0 Å². The van der Waals surface area contributed by atoms with Gasteiger partial charge >= 0.3 is 0 Å². The van der Waals surface area contributed by atoms with E-state index in [1.807, 2.05) is 6.92 Å². The van der Waals surface area contributed by atoms with Crippen LogP contribution in [0.2, 0.25) is 0 Å². The van der Waals surface area contributed by atoms with Crippen LogP contribution in [-0.2, 0) is 11.4 Å². The maximum absolute atomic E-state index is 15.0. The molecule has 154 valence electrons. The molecule has 2 heterocycles. The van der Waals surface area contributed by atoms with Crippen molar-refractivity contribution in [3.05, 3.63) is 47.7 Å². The van der Waals surface area contributed by atoms with Gasteiger partial charge in [-0.25, -0.2) is 19.1 Å². The fraction of sp³-hybridized carbons (Fsp3) is 0.350. The molecule has 9 heteroatoms. The summed E-state index contributed by atoms with van der Waals surface area (Å²) >= 11 is -1.41. The van der Waals surface area contributed by atoms with Gasteiger partial charge in [0.05, 0.1) is 27.9 Å². The Morgan fingerprint density at radius 1 is 1.31 bits per heavy atom. The minimum atomic E-state index is -1.41. The summed E-state index contributed by atoms with van der Waals surface area (Å²) in [5.41, 5.74) is 0.700. The molecule has 3 rings (SSSR count). The zero-order chi connectivity index (χ0) is 21.0. The number of ketones is 1. The van der Waals surface area contributed by atoms with Crippen molar-refractivity contribution in [2.24, 2.45) is 5.92 Å². The monoisotopic (exact) mass is 417 g/mol. The van der Waals surface area contributed by atoms with Gasteiger partial charge in [-0.3, -0.25) is 4.79 Å². The van der Waals surface area contributed by atoms with E-state index in [4.69, 9.17) is 0 Å². The van der Waals surface area contributed by atoms with Crippen LogP contribution >= 0.6 is 0 Å². The lowest BCUT2D eigenvalue weighted by Gasteiger charge is -2.13. The number of halogens is 1. The molecule has 1 aromatic carbocycles. The van der Waals surface area contributed by atoms with E-state index >= 15 is 0 Å². The number of nitrogens with one attached hydrogen (secondary N) is 3. The molecule has 0 fully saturated rings. The fourth-order valence-corrected chi connectivity index (χ4v) is 3.74. The molecule has 2 aromatic heterocycles. The van der Waals surface area contributed by atoms with E-state index in [0.29, 0.717) is 41.5 Å². The van der Waals surface area contributed by atoms with Gasteiger partial charge in [-0.2, -0.15) is 0 Å². The molecule has 29 heavy (non-hydrogen) atoms. The number of aromatic amines is 1. The first-order valence-electron chi connectivity index (χ1n) is 9.46. The van der Waals surface area contributed by atoms with Gasteiger partial charge in [0.25, 0.3) is 0 Å². The number of hydrogen-bond acceptors (Lipinski definition) is 6. The summed E-state index contributed by atoms with van der Waals surface area (Å²) in [7, 11) is 0. The molecule has 0 saturated heterocycles. The van der Waals surface area contributed by atoms with Crippen molar-refractivity contribution in [3.63, 3.8) is 0 Å². The first-order valence-corrected chi connectivity index (χ1v) is 10.8. The van der Waals surface area contributed by atoms with Gasteiger partial charge in [0.1, 0.15) is 29.2 Å². The Kier molecular flexibility index (Phi) is 6.71. The fourth-order valence-electron chi connectivity index (χ4n) is 2.87. The number of H-pyrrole nitrogens is 1. The van der Waals surface area contributed by atoms with Crippen LogP contribution < -0.4 is 10.0 Å². The Hall–Kier alpha value is -2.65. The van der Waals surface area contributed by atoms with E-state index < -0.39 is 23.0 Å². The highest BCUT2D eigenvalue weighted by molar-refractivity contribution is 7.92. The molecule has 1 unspecified atom stereocenters. The van der Waals surface area contributed by atoms with Crippen molar-refractivity contribution in [2.45, 2.75) is 27.2 Å². The molecule has 0 aliphatic rings. The van der Waals surface area contributed by atoms with Crippen molar-refractivity contribution >= 4 is 39.7 Å². The second kappa shape index (κ2) is 9.23. The van der Waals surface area contributed by atoms with Crippen molar-refractivity contribution in [2.75, 3.05) is 22.3 Å². The number of hydrogen-bond donors (Lipinski definition) is 3. The molecular formula is C20H24FN5O2S. The van der Waals surface area contributed by atoms with Gasteiger partial charge in [0.2, 0.25) is 0 Å². The summed E-state index contributed by atoms with van der Waals surface area (Å²) in [5, 5.41) is 3.74. The molecule has 0 spiro atoms. The van der Waals surface area contributed by atoms with Crippen LogP contribution in [0.25, 0.3) is 11.0 Å². The molecule has 0 radical (unpaired) electrons. The van der Waals surface area contributed by atoms with Crippen LogP contribution in [0.1, 0.15) is 43.1 Å². The van der Waals surface area contributed by atoms with Gasteiger partial charge in [0.15, 0.2) is 11.6 Å². The summed E-state index contributed by atoms with van der Waals surface area (Å²) in [4.78, 5) is 24.5. The average molecular weight is 418 g/mol. The standard InChI is InChI=1S/C20H24FN5O2S/c1-4-8-29(28)26-15-7-5-6-13(17(15)21)18(27)14-10-23-20-16(14)19(24-11-25-20)22-9-12(2)3/h5-7,10-12,26H,4,8-9H2,1-3H3,(H2,22,23,24,25). The Labute approximate surface area is 171 Å². The summed E-state index contributed by atoms with van der Waals surface area (Å²) in [6.07, 6.45) is 3.61. The molecule has 3 N–H and O–H groups in total. The summed E-state index contributed by atoms with van der Waals surface area (Å²) < 4.78 is 29.6. The number of benzene rings is 1. The number of rotatable bonds is 9. The summed E-state index contributed by atoms with van der Waals surface area (Å²) in [5.74, 6) is 0.0581. The largest absolute Gasteiger partial charge is 0.593 e. The third kappa shape index (κ3) is 4.68. The second-order valence-corrected chi connectivity index (χ2v) is 8.37. The number of nitrogens with zero attached hydrogens (tertiary/aromatic N) is 2. The second-order valence-electron chi connectivity index (χ2n) is 7.07. The third-order valence-electron chi connectivity index (χ3n) is 4.25. The first kappa shape index (κ1) is 21.1. The average Bonchev–Trinajstić information content (AvgIpc) is 3.12. The zero-order valence-electron chi connectivity index (χ0n) is 16.6. The van der Waals surface area contributed by atoms with Gasteiger partial charge in [0, 0.05) is 12.7 Å². The summed E-state index contributed by atoms with van der Waals surface area (Å²) in [6, 6.07) is 4.44. The third-order valence-corrected chi connectivity index (χ3v) is 5.48.